The van der Waals surface area contributed by atoms with Gasteiger partial charge in [-0.15, -0.1) is 0 Å². The van der Waals surface area contributed by atoms with E-state index in [4.69, 9.17) is 9.72 Å². The molecule has 0 bridgehead atoms. The molecule has 0 aliphatic carbocycles. The first-order chi connectivity index (χ1) is 16.2. The molecule has 33 heavy (non-hydrogen) atoms. The Kier molecular flexibility index (Phi) is 5.48. The van der Waals surface area contributed by atoms with Gasteiger partial charge < -0.3 is 14.5 Å². The van der Waals surface area contributed by atoms with Crippen molar-refractivity contribution in [2.24, 2.45) is 0 Å². The molecule has 0 spiro atoms. The fraction of sp³-hybridized carbons (Fsp3) is 0.200. The van der Waals surface area contributed by atoms with Crippen molar-refractivity contribution in [3.63, 3.8) is 0 Å². The zero-order valence-corrected chi connectivity index (χ0v) is 18.2. The van der Waals surface area contributed by atoms with Crippen LogP contribution in [-0.2, 0) is 4.74 Å². The summed E-state index contributed by atoms with van der Waals surface area (Å²) in [7, 11) is 1.33. The highest BCUT2D eigenvalue weighted by Crippen LogP contribution is 2.23. The van der Waals surface area contributed by atoms with Gasteiger partial charge in [-0.05, 0) is 42.5 Å². The number of nitrogens with zero attached hydrogens (tertiary/aromatic N) is 5. The quantitative estimate of drug-likeness (QED) is 0.451. The van der Waals surface area contributed by atoms with Crippen LogP contribution in [0, 0.1) is 0 Å². The lowest BCUT2D eigenvalue weighted by Crippen LogP contribution is -2.48. The number of hydrogen-bond donors (Lipinski definition) is 0. The van der Waals surface area contributed by atoms with Crippen LogP contribution in [0.25, 0.3) is 16.6 Å². The van der Waals surface area contributed by atoms with Gasteiger partial charge in [0.25, 0.3) is 5.56 Å². The molecule has 0 amide bonds. The van der Waals surface area contributed by atoms with Crippen LogP contribution in [-0.4, -0.2) is 53.8 Å². The lowest BCUT2D eigenvalue weighted by atomic mass is 10.1. The number of anilines is 2. The number of carbonyl (C=O) groups is 1. The Labute approximate surface area is 190 Å². The Morgan fingerprint density at radius 1 is 0.909 bits per heavy atom. The second kappa shape index (κ2) is 8.74. The van der Waals surface area contributed by atoms with E-state index < -0.39 is 5.97 Å². The minimum Gasteiger partial charge on any atom is -0.465 e. The number of pyridine rings is 1. The highest BCUT2D eigenvalue weighted by atomic mass is 16.5. The third kappa shape index (κ3) is 3.91. The minimum atomic E-state index is -0.462. The second-order valence-electron chi connectivity index (χ2n) is 7.77. The lowest BCUT2D eigenvalue weighted by molar-refractivity contribution is 0.0601. The van der Waals surface area contributed by atoms with E-state index in [1.54, 1.807) is 29.0 Å². The Balaban J connectivity index is 1.58. The first-order valence-electron chi connectivity index (χ1n) is 10.8. The van der Waals surface area contributed by atoms with Gasteiger partial charge in [-0.3, -0.25) is 4.79 Å². The molecule has 2 aromatic carbocycles. The van der Waals surface area contributed by atoms with Crippen LogP contribution in [0.4, 0.5) is 11.8 Å². The van der Waals surface area contributed by atoms with Gasteiger partial charge in [-0.2, -0.15) is 0 Å². The van der Waals surface area contributed by atoms with E-state index in [0.717, 1.165) is 24.6 Å². The third-order valence-electron chi connectivity index (χ3n) is 5.82. The number of fused-ring (bicyclic) bond motifs is 1. The Bertz CT molecular complexity index is 1350. The van der Waals surface area contributed by atoms with Crippen molar-refractivity contribution in [2.75, 3.05) is 43.1 Å². The van der Waals surface area contributed by atoms with Crippen molar-refractivity contribution < 1.29 is 9.53 Å². The fourth-order valence-electron chi connectivity index (χ4n) is 4.12. The molecule has 8 heteroatoms. The predicted octanol–water partition coefficient (Wildman–Crippen LogP) is 2.89. The Morgan fingerprint density at radius 2 is 1.64 bits per heavy atom. The summed E-state index contributed by atoms with van der Waals surface area (Å²) >= 11 is 0. The number of rotatable bonds is 4. The molecule has 1 fully saturated rings. The molecule has 8 nitrogen and oxygen atoms in total. The van der Waals surface area contributed by atoms with Crippen molar-refractivity contribution in [3.05, 3.63) is 88.8 Å². The summed E-state index contributed by atoms with van der Waals surface area (Å²) in [5.41, 5.74) is 1.40. The van der Waals surface area contributed by atoms with Gasteiger partial charge in [0.15, 0.2) is 0 Å². The van der Waals surface area contributed by atoms with Gasteiger partial charge >= 0.3 is 5.97 Å². The molecule has 0 N–H and O–H groups in total. The molecule has 1 aliphatic rings. The standard InChI is InChI=1S/C25H23N5O3/c1-33-24(32)18-10-11-20-21(17-18)27-25(30(23(20)31)19-7-3-2-4-8-19)29-15-13-28(14-16-29)22-9-5-6-12-26-22/h2-12,17H,13-16H2,1H3. The molecule has 0 atom stereocenters. The predicted molar refractivity (Wildman–Crippen MR) is 127 cm³/mol. The average molecular weight is 441 g/mol. The topological polar surface area (TPSA) is 80.6 Å². The second-order valence-corrected chi connectivity index (χ2v) is 7.77. The summed E-state index contributed by atoms with van der Waals surface area (Å²) in [4.78, 5) is 39.3. The van der Waals surface area contributed by atoms with Gasteiger partial charge in [0.2, 0.25) is 5.95 Å². The number of aromatic nitrogens is 3. The van der Waals surface area contributed by atoms with Crippen LogP contribution >= 0.6 is 0 Å². The van der Waals surface area contributed by atoms with Gasteiger partial charge in [-0.1, -0.05) is 24.3 Å². The van der Waals surface area contributed by atoms with Gasteiger partial charge in [0.05, 0.1) is 29.3 Å². The zero-order valence-electron chi connectivity index (χ0n) is 18.2. The molecule has 0 radical (unpaired) electrons. The number of ether oxygens (including phenoxy) is 1. The fourth-order valence-corrected chi connectivity index (χ4v) is 4.12. The highest BCUT2D eigenvalue weighted by molar-refractivity contribution is 5.94. The first kappa shape index (κ1) is 20.7. The van der Waals surface area contributed by atoms with Gasteiger partial charge in [0, 0.05) is 32.4 Å². The van der Waals surface area contributed by atoms with Crippen LogP contribution in [0.2, 0.25) is 0 Å². The molecule has 5 rings (SSSR count). The molecule has 3 heterocycles. The van der Waals surface area contributed by atoms with E-state index in [1.807, 2.05) is 48.5 Å². The third-order valence-corrected chi connectivity index (χ3v) is 5.82. The van der Waals surface area contributed by atoms with E-state index in [9.17, 15) is 9.59 Å². The molecule has 166 valence electrons. The monoisotopic (exact) mass is 441 g/mol. The van der Waals surface area contributed by atoms with Gasteiger partial charge in [-0.25, -0.2) is 19.3 Å². The zero-order chi connectivity index (χ0) is 22.8. The van der Waals surface area contributed by atoms with Crippen molar-refractivity contribution in [1.29, 1.82) is 0 Å². The van der Waals surface area contributed by atoms with E-state index in [0.29, 0.717) is 35.5 Å². The first-order valence-corrected chi connectivity index (χ1v) is 10.8. The normalized spacial score (nSPS) is 13.8. The van der Waals surface area contributed by atoms with Crippen molar-refractivity contribution in [2.45, 2.75) is 0 Å². The number of esters is 1. The number of benzene rings is 2. The lowest BCUT2D eigenvalue weighted by Gasteiger charge is -2.36. The SMILES string of the molecule is COC(=O)c1ccc2c(=O)n(-c3ccccc3)c(N3CCN(c4ccccn4)CC3)nc2c1. The maximum Gasteiger partial charge on any atom is 0.337 e. The molecule has 2 aromatic heterocycles. The molecule has 0 saturated carbocycles. The molecule has 1 aliphatic heterocycles. The summed E-state index contributed by atoms with van der Waals surface area (Å²) < 4.78 is 6.49. The summed E-state index contributed by atoms with van der Waals surface area (Å²) in [5.74, 6) is 1.03. The molecule has 4 aromatic rings. The van der Waals surface area contributed by atoms with Crippen LogP contribution in [0.5, 0.6) is 0 Å². The van der Waals surface area contributed by atoms with Crippen molar-refractivity contribution in [1.82, 2.24) is 14.5 Å². The molecular weight excluding hydrogens is 418 g/mol. The summed E-state index contributed by atoms with van der Waals surface area (Å²) in [5, 5.41) is 0.447. The maximum atomic E-state index is 13.6. The smallest absolute Gasteiger partial charge is 0.337 e. The minimum absolute atomic E-state index is 0.176. The summed E-state index contributed by atoms with van der Waals surface area (Å²) in [6.07, 6.45) is 1.79. The number of methoxy groups -OCH3 is 1. The maximum absolute atomic E-state index is 13.6. The van der Waals surface area contributed by atoms with Crippen LogP contribution in [0.3, 0.4) is 0 Å². The van der Waals surface area contributed by atoms with Crippen molar-refractivity contribution in [3.8, 4) is 5.69 Å². The van der Waals surface area contributed by atoms with Crippen LogP contribution in [0.1, 0.15) is 10.4 Å². The van der Waals surface area contributed by atoms with E-state index in [-0.39, 0.29) is 5.56 Å². The van der Waals surface area contributed by atoms with Crippen LogP contribution < -0.4 is 15.4 Å². The van der Waals surface area contributed by atoms with E-state index >= 15 is 0 Å². The summed E-state index contributed by atoms with van der Waals surface area (Å²) in [6.45, 7) is 2.86. The molecular formula is C25H23N5O3. The Morgan fingerprint density at radius 3 is 2.33 bits per heavy atom. The van der Waals surface area contributed by atoms with E-state index in [1.165, 1.54) is 7.11 Å². The number of para-hydroxylation sites is 1. The van der Waals surface area contributed by atoms with Gasteiger partial charge in [0.1, 0.15) is 5.82 Å². The molecule has 0 unspecified atom stereocenters. The molecule has 1 saturated heterocycles. The Hall–Kier alpha value is -4.20. The van der Waals surface area contributed by atoms with Crippen molar-refractivity contribution >= 4 is 28.6 Å². The highest BCUT2D eigenvalue weighted by Gasteiger charge is 2.24. The number of piperazine rings is 1. The summed E-state index contributed by atoms with van der Waals surface area (Å²) in [6, 6.07) is 20.2. The van der Waals surface area contributed by atoms with E-state index in [2.05, 4.69) is 14.8 Å². The number of hydrogen-bond acceptors (Lipinski definition) is 7. The van der Waals surface area contributed by atoms with Crippen LogP contribution in [0.15, 0.2) is 77.7 Å². The number of carbonyl (C=O) groups excluding carboxylic acids is 1. The average Bonchev–Trinajstić information content (AvgIpc) is 2.89. The largest absolute Gasteiger partial charge is 0.465 e.